The number of pyridine rings is 1. The van der Waals surface area contributed by atoms with Crippen molar-refractivity contribution in [3.8, 4) is 22.6 Å². The maximum Gasteiger partial charge on any atom is 0.586 e. The minimum atomic E-state index is -3.76. The van der Waals surface area contributed by atoms with Gasteiger partial charge in [-0.25, -0.2) is 4.98 Å². The van der Waals surface area contributed by atoms with Crippen LogP contribution in [0, 0.1) is 0 Å². The molecule has 0 saturated heterocycles. The van der Waals surface area contributed by atoms with E-state index in [0.717, 1.165) is 0 Å². The molecule has 0 aliphatic carbocycles. The fraction of sp³-hybridized carbons (Fsp3) is 0.0526. The number of fused-ring (bicyclic) bond motifs is 1. The summed E-state index contributed by atoms with van der Waals surface area (Å²) in [6.45, 7) is 0. The average molecular weight is 438 g/mol. The van der Waals surface area contributed by atoms with Gasteiger partial charge in [-0.1, -0.05) is 23.2 Å². The minimum absolute atomic E-state index is 0.0337. The van der Waals surface area contributed by atoms with E-state index in [1.807, 2.05) is 0 Å². The number of nitrogens with zero attached hydrogens (tertiary/aromatic N) is 1. The molecule has 0 atom stereocenters. The van der Waals surface area contributed by atoms with E-state index in [-0.39, 0.29) is 28.2 Å². The molecule has 3 N–H and O–H groups in total. The molecular weight excluding hydrogens is 427 g/mol. The van der Waals surface area contributed by atoms with Crippen molar-refractivity contribution >= 4 is 40.7 Å². The summed E-state index contributed by atoms with van der Waals surface area (Å²) in [7, 11) is 0. The number of nitrogens with two attached hydrogens (primary N) is 1. The molecule has 0 fully saturated rings. The Bertz CT molecular complexity index is 1120. The molecule has 6 nitrogen and oxygen atoms in total. The molecule has 0 radical (unpaired) electrons. The van der Waals surface area contributed by atoms with Gasteiger partial charge in [0.05, 0.1) is 5.02 Å². The van der Waals surface area contributed by atoms with Crippen LogP contribution in [0.4, 0.5) is 20.4 Å². The Balaban J connectivity index is 1.60. The lowest BCUT2D eigenvalue weighted by atomic mass is 10.1. The number of ether oxygens (including phenoxy) is 2. The Labute approximate surface area is 173 Å². The molecule has 148 valence electrons. The predicted octanol–water partition coefficient (Wildman–Crippen LogP) is 5.21. The van der Waals surface area contributed by atoms with Crippen LogP contribution in [0.25, 0.3) is 11.1 Å². The summed E-state index contributed by atoms with van der Waals surface area (Å²) in [5.74, 6) is -0.512. The van der Waals surface area contributed by atoms with Crippen LogP contribution in [0.15, 0.2) is 48.5 Å². The number of hydrogen-bond acceptors (Lipinski definition) is 5. The smallest absolute Gasteiger partial charge is 0.395 e. The van der Waals surface area contributed by atoms with Gasteiger partial charge in [-0.3, -0.25) is 4.79 Å². The van der Waals surface area contributed by atoms with Crippen LogP contribution in [0.3, 0.4) is 0 Å². The fourth-order valence-electron chi connectivity index (χ4n) is 2.74. The summed E-state index contributed by atoms with van der Waals surface area (Å²) in [6, 6.07) is 11.9. The molecule has 0 unspecified atom stereocenters. The summed E-state index contributed by atoms with van der Waals surface area (Å²) in [5, 5.41) is 3.24. The number of aromatic nitrogens is 1. The van der Waals surface area contributed by atoms with Crippen molar-refractivity contribution in [2.24, 2.45) is 0 Å². The summed E-state index contributed by atoms with van der Waals surface area (Å²) in [5.41, 5.74) is 7.09. The van der Waals surface area contributed by atoms with Crippen LogP contribution in [0.2, 0.25) is 10.0 Å². The van der Waals surface area contributed by atoms with E-state index in [9.17, 15) is 13.6 Å². The lowest BCUT2D eigenvalue weighted by molar-refractivity contribution is -0.286. The van der Waals surface area contributed by atoms with Gasteiger partial charge >= 0.3 is 6.29 Å². The zero-order valence-electron chi connectivity index (χ0n) is 14.4. The molecule has 0 saturated carbocycles. The number of carbonyl (C=O) groups excluding carboxylic acids is 1. The highest BCUT2D eigenvalue weighted by Crippen LogP contribution is 2.46. The number of carbonyl (C=O) groups is 1. The van der Waals surface area contributed by atoms with E-state index in [2.05, 4.69) is 19.8 Å². The molecule has 2 aromatic carbocycles. The van der Waals surface area contributed by atoms with Crippen molar-refractivity contribution in [3.05, 3.63) is 64.1 Å². The van der Waals surface area contributed by atoms with Gasteiger partial charge in [0.2, 0.25) is 0 Å². The molecule has 4 rings (SSSR count). The van der Waals surface area contributed by atoms with Crippen LogP contribution in [-0.2, 0) is 0 Å². The highest BCUT2D eigenvalue weighted by Gasteiger charge is 2.43. The van der Waals surface area contributed by atoms with Crippen LogP contribution < -0.4 is 20.5 Å². The molecule has 1 aliphatic heterocycles. The second-order valence-corrected chi connectivity index (χ2v) is 6.88. The third-order valence-electron chi connectivity index (χ3n) is 4.05. The van der Waals surface area contributed by atoms with Crippen molar-refractivity contribution in [1.82, 2.24) is 4.98 Å². The highest BCUT2D eigenvalue weighted by molar-refractivity contribution is 6.33. The van der Waals surface area contributed by atoms with Crippen molar-refractivity contribution in [2.45, 2.75) is 6.29 Å². The molecule has 10 heteroatoms. The maximum absolute atomic E-state index is 13.2. The Morgan fingerprint density at radius 2 is 1.66 bits per heavy atom. The summed E-state index contributed by atoms with van der Waals surface area (Å²) in [6.07, 6.45) is -3.76. The van der Waals surface area contributed by atoms with Crippen molar-refractivity contribution in [3.63, 3.8) is 0 Å². The topological polar surface area (TPSA) is 86.5 Å². The second kappa shape index (κ2) is 7.06. The van der Waals surface area contributed by atoms with Gasteiger partial charge in [-0.2, -0.15) is 0 Å². The largest absolute Gasteiger partial charge is 0.586 e. The third kappa shape index (κ3) is 3.90. The first kappa shape index (κ1) is 19.2. The zero-order valence-corrected chi connectivity index (χ0v) is 15.9. The normalized spacial score (nSPS) is 13.9. The standard InChI is InChI=1S/C19H11Cl2F2N3O3/c20-10-3-1-9(2-4-10)18(27)26-16-6-5-11(17(24)25-16)12-7-14-15(8-13(12)21)29-19(22,23)28-14/h1-8H,(H3,24,25,26,27). The Kier molecular flexibility index (Phi) is 4.68. The quantitative estimate of drug-likeness (QED) is 0.586. The first-order valence-corrected chi connectivity index (χ1v) is 8.91. The van der Waals surface area contributed by atoms with Gasteiger partial charge in [0, 0.05) is 27.8 Å². The van der Waals surface area contributed by atoms with Crippen LogP contribution >= 0.6 is 23.2 Å². The highest BCUT2D eigenvalue weighted by atomic mass is 35.5. The number of nitrogen functional groups attached to an aromatic ring is 1. The van der Waals surface area contributed by atoms with Crippen molar-refractivity contribution < 1.29 is 23.0 Å². The lowest BCUT2D eigenvalue weighted by Gasteiger charge is -2.11. The van der Waals surface area contributed by atoms with Gasteiger partial charge in [-0.05, 0) is 42.5 Å². The fourth-order valence-corrected chi connectivity index (χ4v) is 3.12. The Morgan fingerprint density at radius 3 is 2.31 bits per heavy atom. The van der Waals surface area contributed by atoms with E-state index in [1.54, 1.807) is 30.3 Å². The first-order valence-electron chi connectivity index (χ1n) is 8.15. The SMILES string of the molecule is Nc1nc(NC(=O)c2ccc(Cl)cc2)ccc1-c1cc2c(cc1Cl)OC(F)(F)O2. The molecule has 29 heavy (non-hydrogen) atoms. The summed E-state index contributed by atoms with van der Waals surface area (Å²) in [4.78, 5) is 16.4. The molecular formula is C19H11Cl2F2N3O3. The van der Waals surface area contributed by atoms with E-state index < -0.39 is 12.2 Å². The van der Waals surface area contributed by atoms with Crippen LogP contribution in [0.1, 0.15) is 10.4 Å². The van der Waals surface area contributed by atoms with E-state index in [4.69, 9.17) is 28.9 Å². The maximum atomic E-state index is 13.2. The minimum Gasteiger partial charge on any atom is -0.395 e. The van der Waals surface area contributed by atoms with E-state index >= 15 is 0 Å². The number of amides is 1. The molecule has 1 amide bonds. The monoisotopic (exact) mass is 437 g/mol. The van der Waals surface area contributed by atoms with Crippen molar-refractivity contribution in [2.75, 3.05) is 11.1 Å². The first-order chi connectivity index (χ1) is 13.7. The second-order valence-electron chi connectivity index (χ2n) is 6.04. The van der Waals surface area contributed by atoms with Crippen molar-refractivity contribution in [1.29, 1.82) is 0 Å². The van der Waals surface area contributed by atoms with Gasteiger partial charge in [-0.15, -0.1) is 8.78 Å². The molecule has 1 aliphatic rings. The van der Waals surface area contributed by atoms with E-state index in [1.165, 1.54) is 18.2 Å². The Morgan fingerprint density at radius 1 is 1.00 bits per heavy atom. The predicted molar refractivity (Wildman–Crippen MR) is 105 cm³/mol. The lowest BCUT2D eigenvalue weighted by Crippen LogP contribution is -2.25. The number of halogens is 4. The van der Waals surface area contributed by atoms with Crippen LogP contribution in [-0.4, -0.2) is 17.2 Å². The summed E-state index contributed by atoms with van der Waals surface area (Å²) >= 11 is 12.0. The number of anilines is 2. The number of alkyl halides is 2. The average Bonchev–Trinajstić information content (AvgIpc) is 2.94. The van der Waals surface area contributed by atoms with Gasteiger partial charge in [0.1, 0.15) is 11.6 Å². The zero-order chi connectivity index (χ0) is 20.8. The van der Waals surface area contributed by atoms with Gasteiger partial charge < -0.3 is 20.5 Å². The number of nitrogens with one attached hydrogen (secondary N) is 1. The van der Waals surface area contributed by atoms with E-state index in [0.29, 0.717) is 21.7 Å². The Hall–Kier alpha value is -3.10. The van der Waals surface area contributed by atoms with Gasteiger partial charge in [0.15, 0.2) is 11.5 Å². The number of rotatable bonds is 3. The summed E-state index contributed by atoms with van der Waals surface area (Å²) < 4.78 is 35.3. The van der Waals surface area contributed by atoms with Gasteiger partial charge in [0.25, 0.3) is 5.91 Å². The molecule has 2 heterocycles. The number of hydrogen-bond donors (Lipinski definition) is 2. The molecule has 1 aromatic heterocycles. The van der Waals surface area contributed by atoms with Crippen LogP contribution in [0.5, 0.6) is 11.5 Å². The number of benzene rings is 2. The third-order valence-corrected chi connectivity index (χ3v) is 4.62. The molecule has 0 spiro atoms. The molecule has 0 bridgehead atoms. The molecule has 3 aromatic rings.